The van der Waals surface area contributed by atoms with Crippen LogP contribution in [-0.4, -0.2) is 28.8 Å². The highest BCUT2D eigenvalue weighted by molar-refractivity contribution is 5.74. The Morgan fingerprint density at radius 2 is 1.71 bits per heavy atom. The second-order valence-electron chi connectivity index (χ2n) is 3.51. The van der Waals surface area contributed by atoms with E-state index in [1.54, 1.807) is 0 Å². The lowest BCUT2D eigenvalue weighted by Gasteiger charge is -2.30. The van der Waals surface area contributed by atoms with Crippen LogP contribution in [0.15, 0.2) is 24.3 Å². The Labute approximate surface area is 94.5 Å². The molecular weight excluding hydrogens is 239 g/mol. The molecule has 0 aliphatic rings. The summed E-state index contributed by atoms with van der Waals surface area (Å²) >= 11 is 0. The molecule has 0 heterocycles. The van der Waals surface area contributed by atoms with Crippen LogP contribution < -0.4 is 5.73 Å². The molecule has 0 aliphatic carbocycles. The van der Waals surface area contributed by atoms with Crippen molar-refractivity contribution in [3.05, 3.63) is 35.4 Å². The molecule has 2 atom stereocenters. The van der Waals surface area contributed by atoms with Crippen LogP contribution in [0.3, 0.4) is 0 Å². The van der Waals surface area contributed by atoms with E-state index in [2.05, 4.69) is 0 Å². The van der Waals surface area contributed by atoms with Gasteiger partial charge in [0, 0.05) is 11.1 Å². The summed E-state index contributed by atoms with van der Waals surface area (Å²) in [5.41, 5.74) is 1.97. The van der Waals surface area contributed by atoms with Gasteiger partial charge in [-0.15, -0.1) is 0 Å². The second-order valence-corrected chi connectivity index (χ2v) is 3.51. The van der Waals surface area contributed by atoms with Crippen LogP contribution in [0.25, 0.3) is 0 Å². The average molecular weight is 249 g/mol. The van der Waals surface area contributed by atoms with Gasteiger partial charge in [-0.05, 0) is 0 Å². The lowest BCUT2D eigenvalue weighted by Crippen LogP contribution is -2.54. The molecule has 0 spiro atoms. The smallest absolute Gasteiger partial charge is 0.380 e. The van der Waals surface area contributed by atoms with Crippen molar-refractivity contribution in [2.45, 2.75) is 18.0 Å². The highest BCUT2D eigenvalue weighted by atomic mass is 19.4. The molecule has 0 saturated heterocycles. The fourth-order valence-electron chi connectivity index (χ4n) is 1.24. The molecule has 17 heavy (non-hydrogen) atoms. The Morgan fingerprint density at radius 1 is 1.24 bits per heavy atom. The van der Waals surface area contributed by atoms with Gasteiger partial charge in [-0.25, -0.2) is 0 Å². The Bertz CT molecular complexity index is 400. The van der Waals surface area contributed by atoms with E-state index in [1.807, 2.05) is 0 Å². The van der Waals surface area contributed by atoms with Crippen molar-refractivity contribution >= 4 is 6.29 Å². The molecule has 0 fully saturated rings. The topological polar surface area (TPSA) is 83.5 Å². The quantitative estimate of drug-likeness (QED) is 0.539. The Morgan fingerprint density at radius 3 is 2.06 bits per heavy atom. The molecule has 0 aliphatic heterocycles. The lowest BCUT2D eigenvalue weighted by molar-refractivity contribution is -0.259. The number of alkyl halides is 3. The fourth-order valence-corrected chi connectivity index (χ4v) is 1.24. The molecule has 0 saturated carbocycles. The zero-order valence-electron chi connectivity index (χ0n) is 8.48. The highest BCUT2D eigenvalue weighted by Gasteiger charge is 2.51. The minimum absolute atomic E-state index is 0.214. The zero-order chi connectivity index (χ0) is 13.3. The maximum Gasteiger partial charge on any atom is 0.418 e. The molecule has 0 radical (unpaired) electrons. The fraction of sp³-hybridized carbons (Fsp3) is 0.300. The minimum atomic E-state index is -5.05. The third-order valence-electron chi connectivity index (χ3n) is 2.24. The van der Waals surface area contributed by atoms with Crippen LogP contribution in [0.4, 0.5) is 13.2 Å². The normalized spacial score (nSPS) is 17.3. The number of carbonyl (C=O) groups is 1. The Hall–Kier alpha value is -1.44. The molecule has 7 heteroatoms. The summed E-state index contributed by atoms with van der Waals surface area (Å²) < 4.78 is 36.7. The Balaban J connectivity index is 3.07. The first kappa shape index (κ1) is 13.6. The largest absolute Gasteiger partial charge is 0.418 e. The van der Waals surface area contributed by atoms with Gasteiger partial charge in [-0.1, -0.05) is 24.3 Å². The molecule has 1 rings (SSSR count). The zero-order valence-corrected chi connectivity index (χ0v) is 8.48. The number of rotatable bonds is 3. The summed E-state index contributed by atoms with van der Waals surface area (Å²) in [6.07, 6.45) is -7.68. The first-order valence-corrected chi connectivity index (χ1v) is 4.51. The molecule has 0 bridgehead atoms. The van der Waals surface area contributed by atoms with Gasteiger partial charge in [-0.2, -0.15) is 13.2 Å². The number of hydrogen-bond donors (Lipinski definition) is 3. The van der Waals surface area contributed by atoms with E-state index in [0.717, 1.165) is 12.1 Å². The molecule has 0 amide bonds. The van der Waals surface area contributed by atoms with Crippen LogP contribution in [0.2, 0.25) is 0 Å². The van der Waals surface area contributed by atoms with Crippen molar-refractivity contribution in [2.24, 2.45) is 5.73 Å². The predicted octanol–water partition coefficient (Wildman–Crippen LogP) is 0.526. The van der Waals surface area contributed by atoms with Crippen LogP contribution in [0.5, 0.6) is 0 Å². The first-order chi connectivity index (χ1) is 7.69. The summed E-state index contributed by atoms with van der Waals surface area (Å²) in [5.74, 6) is 0. The van der Waals surface area contributed by atoms with E-state index in [4.69, 9.17) is 10.8 Å². The van der Waals surface area contributed by atoms with E-state index in [9.17, 15) is 23.1 Å². The molecular formula is C10H10F3NO3. The van der Waals surface area contributed by atoms with Gasteiger partial charge in [0.25, 0.3) is 0 Å². The van der Waals surface area contributed by atoms with Crippen molar-refractivity contribution in [2.75, 3.05) is 0 Å². The van der Waals surface area contributed by atoms with E-state index in [0.29, 0.717) is 6.29 Å². The van der Waals surface area contributed by atoms with Crippen LogP contribution in [-0.2, 0) is 5.72 Å². The van der Waals surface area contributed by atoms with E-state index < -0.39 is 18.0 Å². The number of aliphatic hydroxyl groups is 2. The van der Waals surface area contributed by atoms with Crippen LogP contribution in [0, 0.1) is 0 Å². The van der Waals surface area contributed by atoms with Gasteiger partial charge in [0.2, 0.25) is 0 Å². The maximum atomic E-state index is 12.2. The number of carbonyl (C=O) groups excluding carboxylic acids is 1. The van der Waals surface area contributed by atoms with Gasteiger partial charge in [0.05, 0.1) is 0 Å². The molecule has 4 nitrogen and oxygen atoms in total. The van der Waals surface area contributed by atoms with Gasteiger partial charge in [-0.3, -0.25) is 10.5 Å². The molecule has 94 valence electrons. The second kappa shape index (κ2) is 4.44. The first-order valence-electron chi connectivity index (χ1n) is 4.51. The van der Waals surface area contributed by atoms with Gasteiger partial charge in [0.1, 0.15) is 6.29 Å². The van der Waals surface area contributed by atoms with Gasteiger partial charge < -0.3 is 10.2 Å². The maximum absolute atomic E-state index is 12.2. The van der Waals surface area contributed by atoms with Gasteiger partial charge >= 0.3 is 6.18 Å². The Kier molecular flexibility index (Phi) is 3.56. The number of benzene rings is 1. The molecule has 0 aromatic heterocycles. The van der Waals surface area contributed by atoms with Crippen molar-refractivity contribution in [3.63, 3.8) is 0 Å². The summed E-state index contributed by atoms with van der Waals surface area (Å²) in [6.45, 7) is 0. The number of aliphatic hydroxyl groups excluding tert-OH is 1. The van der Waals surface area contributed by atoms with Crippen molar-refractivity contribution in [3.8, 4) is 0 Å². The summed E-state index contributed by atoms with van der Waals surface area (Å²) in [7, 11) is 0. The third-order valence-corrected chi connectivity index (χ3v) is 2.24. The summed E-state index contributed by atoms with van der Waals surface area (Å²) in [6, 6.07) is 4.45. The van der Waals surface area contributed by atoms with Crippen LogP contribution in [0.1, 0.15) is 15.9 Å². The average Bonchev–Trinajstić information content (AvgIpc) is 2.27. The van der Waals surface area contributed by atoms with E-state index in [1.165, 1.54) is 12.1 Å². The number of halogens is 3. The number of hydrogen-bond acceptors (Lipinski definition) is 4. The standard InChI is InChI=1S/C10H10F3NO3/c11-10(12,13)8(16)9(14,17)7-3-1-6(5-15)2-4-7/h1-5,8,16-17H,14H2/t8-,9+/m1/s1. The third kappa shape index (κ3) is 2.82. The predicted molar refractivity (Wildman–Crippen MR) is 52.0 cm³/mol. The van der Waals surface area contributed by atoms with Crippen LogP contribution >= 0.6 is 0 Å². The molecule has 1 aromatic carbocycles. The monoisotopic (exact) mass is 249 g/mol. The van der Waals surface area contributed by atoms with Crippen molar-refractivity contribution in [1.29, 1.82) is 0 Å². The van der Waals surface area contributed by atoms with E-state index in [-0.39, 0.29) is 11.1 Å². The minimum Gasteiger partial charge on any atom is -0.380 e. The molecule has 4 N–H and O–H groups in total. The number of nitrogens with two attached hydrogens (primary N) is 1. The summed E-state index contributed by atoms with van der Waals surface area (Å²) in [4.78, 5) is 10.3. The van der Waals surface area contributed by atoms with Gasteiger partial charge in [0.15, 0.2) is 11.8 Å². The van der Waals surface area contributed by atoms with Crippen molar-refractivity contribution in [1.82, 2.24) is 0 Å². The molecule has 1 aromatic rings. The number of aldehydes is 1. The SMILES string of the molecule is N[C@](O)(c1ccc(C=O)cc1)[C@@H](O)C(F)(F)F. The summed E-state index contributed by atoms with van der Waals surface area (Å²) in [5, 5.41) is 18.4. The van der Waals surface area contributed by atoms with E-state index >= 15 is 0 Å². The highest BCUT2D eigenvalue weighted by Crippen LogP contribution is 2.31. The lowest BCUT2D eigenvalue weighted by atomic mass is 9.96. The van der Waals surface area contributed by atoms with Crippen molar-refractivity contribution < 1.29 is 28.2 Å². The molecule has 0 unspecified atom stereocenters.